The second kappa shape index (κ2) is 8.17. The lowest BCUT2D eigenvalue weighted by molar-refractivity contribution is -0.102. The minimum atomic E-state index is -0.289. The summed E-state index contributed by atoms with van der Waals surface area (Å²) < 4.78 is 18.4. The molecule has 0 bridgehead atoms. The molecule has 0 aliphatic carbocycles. The normalized spacial score (nSPS) is 18.0. The number of ether oxygens (including phenoxy) is 3. The molecule has 0 spiro atoms. The maximum Gasteiger partial charge on any atom is 0.351 e. The van der Waals surface area contributed by atoms with Gasteiger partial charge < -0.3 is 14.2 Å². The molecule has 0 N–H and O–H groups in total. The average molecular weight is 380 g/mol. The van der Waals surface area contributed by atoms with Crippen LogP contribution in [0.15, 0.2) is 29.1 Å². The summed E-state index contributed by atoms with van der Waals surface area (Å²) in [6.07, 6.45) is 0.651. The molecule has 0 amide bonds. The molecule has 2 aliphatic rings. The van der Waals surface area contributed by atoms with Gasteiger partial charge in [-0.05, 0) is 24.1 Å². The van der Waals surface area contributed by atoms with E-state index in [1.807, 2.05) is 18.2 Å². The van der Waals surface area contributed by atoms with Gasteiger partial charge in [0.15, 0.2) is 0 Å². The summed E-state index contributed by atoms with van der Waals surface area (Å²) in [4.78, 5) is 16.6. The summed E-state index contributed by atoms with van der Waals surface area (Å²) in [7, 11) is 0. The van der Waals surface area contributed by atoms with Crippen LogP contribution in [0, 0.1) is 17.8 Å². The van der Waals surface area contributed by atoms with E-state index in [9.17, 15) is 4.79 Å². The topological polar surface area (TPSA) is 62.6 Å². The van der Waals surface area contributed by atoms with E-state index >= 15 is 0 Å². The third-order valence-electron chi connectivity index (χ3n) is 4.78. The fraction of sp³-hybridized carbons (Fsp3) is 0.455. The molecule has 6 nitrogen and oxygen atoms in total. The molecule has 0 unspecified atom stereocenters. The Bertz CT molecular complexity index is 978. The van der Waals surface area contributed by atoms with E-state index in [1.165, 1.54) is 5.56 Å². The van der Waals surface area contributed by atoms with Gasteiger partial charge in [-0.15, -0.1) is 0 Å². The van der Waals surface area contributed by atoms with Gasteiger partial charge in [0, 0.05) is 29.7 Å². The highest BCUT2D eigenvalue weighted by atomic mass is 16.6. The van der Waals surface area contributed by atoms with Crippen LogP contribution in [0.3, 0.4) is 0 Å². The van der Waals surface area contributed by atoms with Gasteiger partial charge >= 0.3 is 5.69 Å². The molecular weight excluding hydrogens is 356 g/mol. The molecule has 146 valence electrons. The van der Waals surface area contributed by atoms with Crippen molar-refractivity contribution in [2.45, 2.75) is 32.9 Å². The van der Waals surface area contributed by atoms with Crippen molar-refractivity contribution in [1.82, 2.24) is 9.55 Å². The molecule has 1 fully saturated rings. The maximum absolute atomic E-state index is 12.5. The van der Waals surface area contributed by atoms with E-state index < -0.39 is 0 Å². The molecule has 3 heterocycles. The zero-order valence-electron chi connectivity index (χ0n) is 16.2. The first-order chi connectivity index (χ1) is 13.6. The van der Waals surface area contributed by atoms with E-state index in [0.717, 1.165) is 23.2 Å². The molecule has 2 aromatic rings. The highest BCUT2D eigenvalue weighted by Gasteiger charge is 2.20. The first-order valence-electron chi connectivity index (χ1n) is 9.69. The summed E-state index contributed by atoms with van der Waals surface area (Å²) in [5.41, 5.74) is 3.77. The third-order valence-corrected chi connectivity index (χ3v) is 4.78. The van der Waals surface area contributed by atoms with Gasteiger partial charge in [0.25, 0.3) is 0 Å². The Morgan fingerprint density at radius 2 is 2.21 bits per heavy atom. The second-order valence-corrected chi connectivity index (χ2v) is 7.34. The molecule has 4 rings (SSSR count). The number of nitrogens with zero attached hydrogens (tertiary/aromatic N) is 2. The van der Waals surface area contributed by atoms with Gasteiger partial charge in [-0.3, -0.25) is 4.57 Å². The summed E-state index contributed by atoms with van der Waals surface area (Å²) in [6.45, 7) is 6.73. The predicted octanol–water partition coefficient (Wildman–Crippen LogP) is 2.27. The van der Waals surface area contributed by atoms with Crippen LogP contribution in [0.2, 0.25) is 0 Å². The molecule has 0 radical (unpaired) electrons. The number of hydrogen-bond acceptors (Lipinski definition) is 5. The zero-order valence-corrected chi connectivity index (χ0v) is 16.2. The highest BCUT2D eigenvalue weighted by Crippen LogP contribution is 2.30. The quantitative estimate of drug-likeness (QED) is 0.765. The van der Waals surface area contributed by atoms with Crippen LogP contribution < -0.4 is 10.4 Å². The number of rotatable bonds is 3. The van der Waals surface area contributed by atoms with Crippen LogP contribution in [0.25, 0.3) is 11.3 Å². The Balaban J connectivity index is 1.60. The standard InChI is InChI=1S/C22H24N2O4/c1-15(2)3-4-16-5-6-19-17(11-16)7-8-24-20(19)12-21(23-22(24)25)28-14-18-13-26-9-10-27-18/h5-6,11-12,15,18H,7-10,13-14H2,1-2H3/t18-/m0/s1. The second-order valence-electron chi connectivity index (χ2n) is 7.34. The van der Waals surface area contributed by atoms with E-state index in [2.05, 4.69) is 36.7 Å². The number of aromatic nitrogens is 2. The van der Waals surface area contributed by atoms with Crippen molar-refractivity contribution in [3.05, 3.63) is 45.9 Å². The van der Waals surface area contributed by atoms with Crippen molar-refractivity contribution < 1.29 is 14.2 Å². The minimum Gasteiger partial charge on any atom is -0.475 e. The average Bonchev–Trinajstić information content (AvgIpc) is 2.71. The van der Waals surface area contributed by atoms with Crippen LogP contribution in [-0.4, -0.2) is 42.1 Å². The molecule has 1 aromatic carbocycles. The van der Waals surface area contributed by atoms with Crippen molar-refractivity contribution in [3.63, 3.8) is 0 Å². The van der Waals surface area contributed by atoms with E-state index in [4.69, 9.17) is 14.2 Å². The zero-order chi connectivity index (χ0) is 19.5. The van der Waals surface area contributed by atoms with Gasteiger partial charge in [0.05, 0.1) is 25.5 Å². The molecule has 1 aromatic heterocycles. The maximum atomic E-state index is 12.5. The van der Waals surface area contributed by atoms with Gasteiger partial charge in [-0.2, -0.15) is 4.98 Å². The molecule has 2 aliphatic heterocycles. The molecule has 0 saturated carbocycles. The Labute approximate surface area is 164 Å². The first kappa shape index (κ1) is 18.7. The van der Waals surface area contributed by atoms with Gasteiger partial charge in [-0.25, -0.2) is 4.79 Å². The monoisotopic (exact) mass is 380 g/mol. The summed E-state index contributed by atoms with van der Waals surface area (Å²) in [6, 6.07) is 7.99. The summed E-state index contributed by atoms with van der Waals surface area (Å²) >= 11 is 0. The third kappa shape index (κ3) is 4.11. The largest absolute Gasteiger partial charge is 0.475 e. The van der Waals surface area contributed by atoms with Crippen LogP contribution in [0.4, 0.5) is 0 Å². The van der Waals surface area contributed by atoms with Crippen molar-refractivity contribution in [1.29, 1.82) is 0 Å². The van der Waals surface area contributed by atoms with Crippen molar-refractivity contribution in [2.24, 2.45) is 5.92 Å². The van der Waals surface area contributed by atoms with E-state index in [0.29, 0.717) is 44.8 Å². The molecule has 1 saturated heterocycles. The van der Waals surface area contributed by atoms with Gasteiger partial charge in [0.2, 0.25) is 5.88 Å². The molecule has 28 heavy (non-hydrogen) atoms. The summed E-state index contributed by atoms with van der Waals surface area (Å²) in [5, 5.41) is 0. The Hall–Kier alpha value is -2.62. The van der Waals surface area contributed by atoms with Crippen LogP contribution >= 0.6 is 0 Å². The Morgan fingerprint density at radius 3 is 3.00 bits per heavy atom. The number of fused-ring (bicyclic) bond motifs is 3. The lowest BCUT2D eigenvalue weighted by atomic mass is 9.95. The fourth-order valence-corrected chi connectivity index (χ4v) is 3.40. The molecule has 6 heteroatoms. The van der Waals surface area contributed by atoms with E-state index in [-0.39, 0.29) is 11.8 Å². The number of aryl methyl sites for hydroxylation is 1. The number of benzene rings is 1. The first-order valence-corrected chi connectivity index (χ1v) is 9.69. The lowest BCUT2D eigenvalue weighted by Crippen LogP contribution is -2.34. The minimum absolute atomic E-state index is 0.135. The summed E-state index contributed by atoms with van der Waals surface area (Å²) in [5.74, 6) is 7.07. The van der Waals surface area contributed by atoms with Gasteiger partial charge in [0.1, 0.15) is 12.7 Å². The van der Waals surface area contributed by atoms with Crippen LogP contribution in [0.5, 0.6) is 5.88 Å². The van der Waals surface area contributed by atoms with Crippen LogP contribution in [-0.2, 0) is 22.4 Å². The Morgan fingerprint density at radius 1 is 1.32 bits per heavy atom. The molecule has 1 atom stereocenters. The van der Waals surface area contributed by atoms with E-state index in [1.54, 1.807) is 4.57 Å². The fourth-order valence-electron chi connectivity index (χ4n) is 3.40. The lowest BCUT2D eigenvalue weighted by Gasteiger charge is -2.24. The van der Waals surface area contributed by atoms with Crippen molar-refractivity contribution >= 4 is 0 Å². The SMILES string of the molecule is CC(C)C#Cc1ccc2c(c1)CCn1c-2cc(OC[C@@H]2COCCO2)nc1=O. The predicted molar refractivity (Wildman–Crippen MR) is 105 cm³/mol. The van der Waals surface area contributed by atoms with Crippen LogP contribution in [0.1, 0.15) is 25.0 Å². The van der Waals surface area contributed by atoms with Gasteiger partial charge in [-0.1, -0.05) is 31.8 Å². The smallest absolute Gasteiger partial charge is 0.351 e. The number of hydrogen-bond donors (Lipinski definition) is 0. The van der Waals surface area contributed by atoms with Crippen molar-refractivity contribution in [2.75, 3.05) is 26.4 Å². The molecular formula is C22H24N2O4. The van der Waals surface area contributed by atoms with Crippen molar-refractivity contribution in [3.8, 4) is 29.0 Å². The Kier molecular flexibility index (Phi) is 5.47. The highest BCUT2D eigenvalue weighted by molar-refractivity contribution is 5.67.